The van der Waals surface area contributed by atoms with Crippen molar-refractivity contribution >= 4 is 15.9 Å². The predicted octanol–water partition coefficient (Wildman–Crippen LogP) is 3.02. The lowest BCUT2D eigenvalue weighted by molar-refractivity contribution is 0.274. The SMILES string of the molecule is CC1(c2nc(Cc3cccc(Br)c3)no2)CCCN1. The van der Waals surface area contributed by atoms with Crippen molar-refractivity contribution in [3.8, 4) is 0 Å². The van der Waals surface area contributed by atoms with Gasteiger partial charge in [0.2, 0.25) is 5.89 Å². The van der Waals surface area contributed by atoms with Crippen LogP contribution >= 0.6 is 15.9 Å². The normalized spacial score (nSPS) is 22.8. The number of nitrogens with zero attached hydrogens (tertiary/aromatic N) is 2. The molecule has 1 aromatic heterocycles. The highest BCUT2D eigenvalue weighted by Crippen LogP contribution is 2.29. The van der Waals surface area contributed by atoms with Crippen LogP contribution in [0.25, 0.3) is 0 Å². The summed E-state index contributed by atoms with van der Waals surface area (Å²) >= 11 is 3.47. The van der Waals surface area contributed by atoms with E-state index in [-0.39, 0.29) is 5.54 Å². The van der Waals surface area contributed by atoms with E-state index in [1.54, 1.807) is 0 Å². The van der Waals surface area contributed by atoms with Crippen LogP contribution in [-0.2, 0) is 12.0 Å². The maximum atomic E-state index is 5.42. The lowest BCUT2D eigenvalue weighted by Gasteiger charge is -2.18. The van der Waals surface area contributed by atoms with Crippen molar-refractivity contribution in [1.82, 2.24) is 15.5 Å². The summed E-state index contributed by atoms with van der Waals surface area (Å²) < 4.78 is 6.49. The molecule has 5 heteroatoms. The molecular weight excluding hydrogens is 306 g/mol. The highest BCUT2D eigenvalue weighted by atomic mass is 79.9. The van der Waals surface area contributed by atoms with Crippen LogP contribution in [0, 0.1) is 0 Å². The molecule has 1 saturated heterocycles. The Morgan fingerprint density at radius 1 is 1.47 bits per heavy atom. The zero-order valence-electron chi connectivity index (χ0n) is 10.8. The summed E-state index contributed by atoms with van der Waals surface area (Å²) in [5.41, 5.74) is 1.02. The molecule has 19 heavy (non-hydrogen) atoms. The first-order valence-corrected chi connectivity index (χ1v) is 7.28. The third kappa shape index (κ3) is 2.72. The Bertz CT molecular complexity index is 576. The van der Waals surface area contributed by atoms with Gasteiger partial charge in [-0.05, 0) is 44.0 Å². The highest BCUT2D eigenvalue weighted by molar-refractivity contribution is 9.10. The highest BCUT2D eigenvalue weighted by Gasteiger charge is 2.35. The average molecular weight is 322 g/mol. The molecule has 3 rings (SSSR count). The molecule has 0 spiro atoms. The molecule has 0 amide bonds. The van der Waals surface area contributed by atoms with Crippen molar-refractivity contribution < 1.29 is 4.52 Å². The van der Waals surface area contributed by atoms with Crippen LogP contribution in [0.4, 0.5) is 0 Å². The summed E-state index contributed by atoms with van der Waals surface area (Å²) in [6.07, 6.45) is 2.89. The molecule has 0 radical (unpaired) electrons. The average Bonchev–Trinajstić information content (AvgIpc) is 2.99. The van der Waals surface area contributed by atoms with Gasteiger partial charge in [-0.3, -0.25) is 0 Å². The minimum Gasteiger partial charge on any atom is -0.337 e. The molecule has 1 unspecified atom stereocenters. The van der Waals surface area contributed by atoms with Gasteiger partial charge in [-0.1, -0.05) is 33.2 Å². The first-order valence-electron chi connectivity index (χ1n) is 6.48. The molecule has 100 valence electrons. The van der Waals surface area contributed by atoms with E-state index < -0.39 is 0 Å². The van der Waals surface area contributed by atoms with Gasteiger partial charge in [-0.2, -0.15) is 4.98 Å². The second kappa shape index (κ2) is 5.06. The second-order valence-electron chi connectivity index (χ2n) is 5.18. The number of hydrogen-bond donors (Lipinski definition) is 1. The van der Waals surface area contributed by atoms with Crippen LogP contribution in [0.3, 0.4) is 0 Å². The molecule has 1 aliphatic rings. The van der Waals surface area contributed by atoms with Gasteiger partial charge in [-0.15, -0.1) is 0 Å². The molecule has 2 heterocycles. The van der Waals surface area contributed by atoms with Crippen LogP contribution in [0.5, 0.6) is 0 Å². The van der Waals surface area contributed by atoms with E-state index in [9.17, 15) is 0 Å². The third-order valence-corrected chi connectivity index (χ3v) is 4.05. The minimum absolute atomic E-state index is 0.150. The molecule has 4 nitrogen and oxygen atoms in total. The smallest absolute Gasteiger partial charge is 0.246 e. The van der Waals surface area contributed by atoms with Crippen LogP contribution in [0.1, 0.15) is 37.0 Å². The van der Waals surface area contributed by atoms with E-state index in [2.05, 4.69) is 50.4 Å². The van der Waals surface area contributed by atoms with Gasteiger partial charge in [0.05, 0.1) is 5.54 Å². The summed E-state index contributed by atoms with van der Waals surface area (Å²) in [6.45, 7) is 3.14. The van der Waals surface area contributed by atoms with Gasteiger partial charge in [0.1, 0.15) is 0 Å². The summed E-state index contributed by atoms with van der Waals surface area (Å²) in [5, 5.41) is 7.52. The summed E-state index contributed by atoms with van der Waals surface area (Å²) in [4.78, 5) is 4.53. The maximum Gasteiger partial charge on any atom is 0.246 e. The van der Waals surface area contributed by atoms with Crippen LogP contribution < -0.4 is 5.32 Å². The zero-order chi connectivity index (χ0) is 13.3. The molecule has 1 atom stereocenters. The predicted molar refractivity (Wildman–Crippen MR) is 75.8 cm³/mol. The van der Waals surface area contributed by atoms with E-state index in [1.807, 2.05) is 12.1 Å². The van der Waals surface area contributed by atoms with Gasteiger partial charge >= 0.3 is 0 Å². The van der Waals surface area contributed by atoms with Gasteiger partial charge < -0.3 is 9.84 Å². The Morgan fingerprint density at radius 3 is 3.11 bits per heavy atom. The number of benzene rings is 1. The summed E-state index contributed by atoms with van der Waals surface area (Å²) in [7, 11) is 0. The van der Waals surface area contributed by atoms with Crippen molar-refractivity contribution in [2.45, 2.75) is 31.7 Å². The first kappa shape index (κ1) is 12.8. The van der Waals surface area contributed by atoms with E-state index in [0.717, 1.165) is 29.7 Å². The van der Waals surface area contributed by atoms with Crippen molar-refractivity contribution in [2.24, 2.45) is 0 Å². The van der Waals surface area contributed by atoms with E-state index >= 15 is 0 Å². The monoisotopic (exact) mass is 321 g/mol. The van der Waals surface area contributed by atoms with Crippen molar-refractivity contribution in [2.75, 3.05) is 6.54 Å². The van der Waals surface area contributed by atoms with Crippen molar-refractivity contribution in [3.63, 3.8) is 0 Å². The number of nitrogens with one attached hydrogen (secondary N) is 1. The topological polar surface area (TPSA) is 51.0 Å². The fraction of sp³-hybridized carbons (Fsp3) is 0.429. The third-order valence-electron chi connectivity index (χ3n) is 3.56. The Hall–Kier alpha value is -1.20. The molecule has 0 aliphatic carbocycles. The van der Waals surface area contributed by atoms with Gasteiger partial charge in [0.15, 0.2) is 5.82 Å². The lowest BCUT2D eigenvalue weighted by Crippen LogP contribution is -2.33. The molecule has 1 aromatic carbocycles. The maximum absolute atomic E-state index is 5.42. The fourth-order valence-electron chi connectivity index (χ4n) is 2.46. The van der Waals surface area contributed by atoms with Gasteiger partial charge in [0.25, 0.3) is 0 Å². The molecule has 0 bridgehead atoms. The first-order chi connectivity index (χ1) is 9.16. The number of hydrogen-bond acceptors (Lipinski definition) is 4. The van der Waals surface area contributed by atoms with Crippen LogP contribution in [-0.4, -0.2) is 16.7 Å². The largest absolute Gasteiger partial charge is 0.337 e. The molecule has 0 saturated carbocycles. The Kier molecular flexibility index (Phi) is 3.41. The Morgan fingerprint density at radius 2 is 2.37 bits per heavy atom. The Labute approximate surface area is 120 Å². The van der Waals surface area contributed by atoms with Crippen LogP contribution in [0.15, 0.2) is 33.3 Å². The van der Waals surface area contributed by atoms with Gasteiger partial charge in [-0.25, -0.2) is 0 Å². The van der Waals surface area contributed by atoms with E-state index in [4.69, 9.17) is 4.52 Å². The molecule has 1 fully saturated rings. The fourth-order valence-corrected chi connectivity index (χ4v) is 2.90. The minimum atomic E-state index is -0.150. The standard InChI is InChI=1S/C14H16BrN3O/c1-14(6-3-7-16-14)13-17-12(18-19-13)9-10-4-2-5-11(15)8-10/h2,4-5,8,16H,3,6-7,9H2,1H3. The Balaban J connectivity index is 1.78. The lowest BCUT2D eigenvalue weighted by atomic mass is 10.0. The summed E-state index contributed by atoms with van der Waals surface area (Å²) in [6, 6.07) is 8.16. The van der Waals surface area contributed by atoms with Crippen molar-refractivity contribution in [1.29, 1.82) is 0 Å². The number of rotatable bonds is 3. The quantitative estimate of drug-likeness (QED) is 0.944. The van der Waals surface area contributed by atoms with E-state index in [0.29, 0.717) is 12.3 Å². The molecule has 2 aromatic rings. The van der Waals surface area contributed by atoms with Crippen molar-refractivity contribution in [3.05, 3.63) is 46.0 Å². The number of aromatic nitrogens is 2. The zero-order valence-corrected chi connectivity index (χ0v) is 12.4. The molecule has 1 N–H and O–H groups in total. The summed E-state index contributed by atoms with van der Waals surface area (Å²) in [5.74, 6) is 1.44. The van der Waals surface area contributed by atoms with E-state index in [1.165, 1.54) is 5.56 Å². The number of halogens is 1. The molecule has 1 aliphatic heterocycles. The molecular formula is C14H16BrN3O. The second-order valence-corrected chi connectivity index (χ2v) is 6.10. The van der Waals surface area contributed by atoms with Gasteiger partial charge in [0, 0.05) is 10.9 Å². The van der Waals surface area contributed by atoms with Crippen LogP contribution in [0.2, 0.25) is 0 Å².